The summed E-state index contributed by atoms with van der Waals surface area (Å²) in [4.78, 5) is 1.10. The second kappa shape index (κ2) is 6.27. The molecule has 0 amide bonds. The van der Waals surface area contributed by atoms with E-state index in [1.165, 1.54) is 0 Å². The molecule has 0 saturated heterocycles. The van der Waals surface area contributed by atoms with Crippen LogP contribution in [-0.2, 0) is 6.54 Å². The van der Waals surface area contributed by atoms with Gasteiger partial charge in [0.25, 0.3) is 0 Å². The monoisotopic (exact) mass is 282 g/mol. The van der Waals surface area contributed by atoms with E-state index in [9.17, 15) is 5.11 Å². The van der Waals surface area contributed by atoms with E-state index in [0.717, 1.165) is 22.0 Å². The molecule has 0 fully saturated rings. The molecule has 3 nitrogen and oxygen atoms in total. The molecule has 18 heavy (non-hydrogen) atoms. The zero-order valence-corrected chi connectivity index (χ0v) is 11.7. The fraction of sp³-hybridized carbons (Fsp3) is 0.308. The Balaban J connectivity index is 1.91. The lowest BCUT2D eigenvalue weighted by molar-refractivity contribution is 0.204. The van der Waals surface area contributed by atoms with Crippen molar-refractivity contribution < 1.29 is 5.11 Å². The second-order valence-corrected chi connectivity index (χ2v) is 5.44. The van der Waals surface area contributed by atoms with Crippen molar-refractivity contribution in [3.63, 3.8) is 0 Å². The lowest BCUT2D eigenvalue weighted by Gasteiger charge is -2.07. The van der Waals surface area contributed by atoms with Crippen LogP contribution in [0.1, 0.15) is 18.6 Å². The third-order valence-electron chi connectivity index (χ3n) is 2.58. The molecule has 0 bridgehead atoms. The van der Waals surface area contributed by atoms with Crippen LogP contribution in [0.15, 0.2) is 41.6 Å². The third-order valence-corrected chi connectivity index (χ3v) is 3.92. The van der Waals surface area contributed by atoms with Crippen LogP contribution in [-0.4, -0.2) is 20.6 Å². The number of hydrogen-bond donors (Lipinski definition) is 1. The Morgan fingerprint density at radius 1 is 1.39 bits per heavy atom. The topological polar surface area (TPSA) is 38.0 Å². The first-order chi connectivity index (χ1) is 8.69. The highest BCUT2D eigenvalue weighted by Crippen LogP contribution is 2.25. The summed E-state index contributed by atoms with van der Waals surface area (Å²) in [6, 6.07) is 7.61. The van der Waals surface area contributed by atoms with E-state index in [-0.39, 0.29) is 0 Å². The quantitative estimate of drug-likeness (QED) is 0.855. The molecule has 2 aromatic rings. The van der Waals surface area contributed by atoms with Gasteiger partial charge in [0, 0.05) is 34.0 Å². The lowest BCUT2D eigenvalue weighted by atomic mass is 10.2. The predicted molar refractivity (Wildman–Crippen MR) is 75.0 cm³/mol. The minimum atomic E-state index is -0.494. The second-order valence-electron chi connectivity index (χ2n) is 3.91. The van der Waals surface area contributed by atoms with E-state index in [1.54, 1.807) is 18.0 Å². The fourth-order valence-corrected chi connectivity index (χ4v) is 2.52. The summed E-state index contributed by atoms with van der Waals surface area (Å²) in [5, 5.41) is 14.9. The number of aromatic nitrogens is 2. The van der Waals surface area contributed by atoms with Gasteiger partial charge in [-0.15, -0.1) is 11.8 Å². The average molecular weight is 283 g/mol. The first-order valence-corrected chi connectivity index (χ1v) is 7.14. The maximum absolute atomic E-state index is 10.0. The number of nitrogens with zero attached hydrogens (tertiary/aromatic N) is 2. The van der Waals surface area contributed by atoms with Crippen molar-refractivity contribution in [2.75, 3.05) is 5.75 Å². The number of aliphatic hydroxyl groups excluding tert-OH is 1. The maximum Gasteiger partial charge on any atom is 0.0914 e. The molecule has 0 radical (unpaired) electrons. The smallest absolute Gasteiger partial charge is 0.0914 e. The molecule has 1 aromatic heterocycles. The normalized spacial score (nSPS) is 12.6. The molecule has 0 spiro atoms. The van der Waals surface area contributed by atoms with Crippen LogP contribution in [0.3, 0.4) is 0 Å². The summed E-state index contributed by atoms with van der Waals surface area (Å²) in [7, 11) is 0. The third kappa shape index (κ3) is 3.51. The van der Waals surface area contributed by atoms with Crippen LogP contribution in [0.25, 0.3) is 0 Å². The van der Waals surface area contributed by atoms with Crippen molar-refractivity contribution in [2.24, 2.45) is 0 Å². The van der Waals surface area contributed by atoms with Crippen LogP contribution in [0, 0.1) is 0 Å². The number of aliphatic hydroxyl groups is 1. The zero-order valence-electron chi connectivity index (χ0n) is 10.1. The summed E-state index contributed by atoms with van der Waals surface area (Å²) in [6.07, 6.45) is 3.11. The summed E-state index contributed by atoms with van der Waals surface area (Å²) >= 11 is 7.42. The number of benzene rings is 1. The Morgan fingerprint density at radius 3 is 2.72 bits per heavy atom. The number of aryl methyl sites for hydroxylation is 1. The van der Waals surface area contributed by atoms with E-state index < -0.39 is 6.10 Å². The highest BCUT2D eigenvalue weighted by Gasteiger charge is 2.10. The van der Waals surface area contributed by atoms with Crippen LogP contribution in [0.4, 0.5) is 0 Å². The van der Waals surface area contributed by atoms with E-state index in [0.29, 0.717) is 5.75 Å². The molecule has 0 saturated carbocycles. The summed E-state index contributed by atoms with van der Waals surface area (Å²) < 4.78 is 1.81. The standard InChI is InChI=1S/C13H15ClN2OS/c1-2-16-8-10(7-15-16)13(17)9-18-12-5-3-11(14)4-6-12/h3-8,13,17H,2,9H2,1H3. The van der Waals surface area contributed by atoms with Gasteiger partial charge in [0.1, 0.15) is 0 Å². The van der Waals surface area contributed by atoms with Crippen LogP contribution in [0.2, 0.25) is 5.02 Å². The van der Waals surface area contributed by atoms with Gasteiger partial charge in [-0.05, 0) is 31.2 Å². The van der Waals surface area contributed by atoms with Crippen molar-refractivity contribution in [3.8, 4) is 0 Å². The summed E-state index contributed by atoms with van der Waals surface area (Å²) in [6.45, 7) is 2.84. The minimum absolute atomic E-state index is 0.494. The van der Waals surface area contributed by atoms with E-state index >= 15 is 0 Å². The molecular weight excluding hydrogens is 268 g/mol. The molecule has 1 N–H and O–H groups in total. The van der Waals surface area contributed by atoms with E-state index in [2.05, 4.69) is 5.10 Å². The van der Waals surface area contributed by atoms with Gasteiger partial charge in [0.05, 0.1) is 12.3 Å². The fourth-order valence-electron chi connectivity index (χ4n) is 1.53. The van der Waals surface area contributed by atoms with Gasteiger partial charge in [0.15, 0.2) is 0 Å². The van der Waals surface area contributed by atoms with E-state index in [1.807, 2.05) is 42.1 Å². The Morgan fingerprint density at radius 2 is 2.11 bits per heavy atom. The van der Waals surface area contributed by atoms with Crippen LogP contribution in [0.5, 0.6) is 0 Å². The highest BCUT2D eigenvalue weighted by atomic mass is 35.5. The Hall–Kier alpha value is -0.970. The molecule has 1 heterocycles. The summed E-state index contributed by atoms with van der Waals surface area (Å²) in [5.41, 5.74) is 0.860. The van der Waals surface area contributed by atoms with Crippen molar-refractivity contribution in [2.45, 2.75) is 24.5 Å². The van der Waals surface area contributed by atoms with Gasteiger partial charge in [0.2, 0.25) is 0 Å². The maximum atomic E-state index is 10.0. The molecule has 0 aliphatic carbocycles. The van der Waals surface area contributed by atoms with Gasteiger partial charge in [-0.2, -0.15) is 5.10 Å². The zero-order chi connectivity index (χ0) is 13.0. The van der Waals surface area contributed by atoms with Gasteiger partial charge in [-0.25, -0.2) is 0 Å². The van der Waals surface area contributed by atoms with Crippen molar-refractivity contribution in [1.82, 2.24) is 9.78 Å². The first kappa shape index (κ1) is 13.5. The lowest BCUT2D eigenvalue weighted by Crippen LogP contribution is -1.99. The predicted octanol–water partition coefficient (Wildman–Crippen LogP) is 3.38. The molecule has 2 rings (SSSR count). The van der Waals surface area contributed by atoms with Gasteiger partial charge in [-0.3, -0.25) is 4.68 Å². The number of thioether (sulfide) groups is 1. The first-order valence-electron chi connectivity index (χ1n) is 5.78. The Bertz CT molecular complexity index is 498. The van der Waals surface area contributed by atoms with Crippen molar-refractivity contribution >= 4 is 23.4 Å². The average Bonchev–Trinajstić information content (AvgIpc) is 2.86. The number of rotatable bonds is 5. The molecule has 0 aliphatic heterocycles. The summed E-state index contributed by atoms with van der Waals surface area (Å²) in [5.74, 6) is 0.608. The molecule has 1 atom stereocenters. The van der Waals surface area contributed by atoms with E-state index in [4.69, 9.17) is 11.6 Å². The van der Waals surface area contributed by atoms with Gasteiger partial charge < -0.3 is 5.11 Å². The molecular formula is C13H15ClN2OS. The van der Waals surface area contributed by atoms with Gasteiger partial charge >= 0.3 is 0 Å². The Kier molecular flexibility index (Phi) is 4.69. The number of hydrogen-bond acceptors (Lipinski definition) is 3. The van der Waals surface area contributed by atoms with Crippen LogP contribution >= 0.6 is 23.4 Å². The largest absolute Gasteiger partial charge is 0.387 e. The van der Waals surface area contributed by atoms with Crippen molar-refractivity contribution in [3.05, 3.63) is 47.2 Å². The molecule has 1 aromatic carbocycles. The van der Waals surface area contributed by atoms with Crippen LogP contribution < -0.4 is 0 Å². The minimum Gasteiger partial charge on any atom is -0.387 e. The van der Waals surface area contributed by atoms with Crippen molar-refractivity contribution in [1.29, 1.82) is 0 Å². The molecule has 5 heteroatoms. The SMILES string of the molecule is CCn1cc(C(O)CSc2ccc(Cl)cc2)cn1. The highest BCUT2D eigenvalue weighted by molar-refractivity contribution is 7.99. The molecule has 1 unspecified atom stereocenters. The molecule has 0 aliphatic rings. The number of halogens is 1. The Labute approximate surface area is 116 Å². The molecule has 96 valence electrons. The van der Waals surface area contributed by atoms with Gasteiger partial charge in [-0.1, -0.05) is 11.6 Å².